The summed E-state index contributed by atoms with van der Waals surface area (Å²) in [6.07, 6.45) is 2.68. The van der Waals surface area contributed by atoms with E-state index in [1.165, 1.54) is 4.88 Å². The van der Waals surface area contributed by atoms with Gasteiger partial charge in [0.15, 0.2) is 0 Å². The van der Waals surface area contributed by atoms with Gasteiger partial charge in [0.1, 0.15) is 0 Å². The highest BCUT2D eigenvalue weighted by Crippen LogP contribution is 2.31. The lowest BCUT2D eigenvalue weighted by molar-refractivity contribution is 0.399. The number of aromatic nitrogens is 2. The molecule has 3 aromatic rings. The second-order valence-corrected chi connectivity index (χ2v) is 7.05. The molecule has 0 spiro atoms. The van der Waals surface area contributed by atoms with Crippen molar-refractivity contribution in [3.8, 4) is 17.0 Å². The molecule has 0 fully saturated rings. The summed E-state index contributed by atoms with van der Waals surface area (Å²) in [6, 6.07) is 9.84. The predicted octanol–water partition coefficient (Wildman–Crippen LogP) is 5.07. The van der Waals surface area contributed by atoms with Crippen LogP contribution >= 0.6 is 22.9 Å². The normalized spacial score (nSPS) is 10.8. The summed E-state index contributed by atoms with van der Waals surface area (Å²) in [5.41, 5.74) is 4.17. The van der Waals surface area contributed by atoms with E-state index >= 15 is 0 Å². The summed E-state index contributed by atoms with van der Waals surface area (Å²) in [5, 5.41) is 1.79. The Kier molecular flexibility index (Phi) is 4.64. The molecule has 118 valence electrons. The zero-order valence-electron chi connectivity index (χ0n) is 13.3. The number of methoxy groups -OCH3 is 1. The first-order valence-corrected chi connectivity index (χ1v) is 8.48. The van der Waals surface area contributed by atoms with Crippen molar-refractivity contribution in [2.24, 2.45) is 0 Å². The van der Waals surface area contributed by atoms with Crippen LogP contribution in [0.1, 0.15) is 21.1 Å². The summed E-state index contributed by atoms with van der Waals surface area (Å²) in [6.45, 7) is 4.08. The molecule has 0 aliphatic rings. The van der Waals surface area contributed by atoms with Gasteiger partial charge in [-0.05, 0) is 43.2 Å². The first-order valence-electron chi connectivity index (χ1n) is 7.28. The van der Waals surface area contributed by atoms with Gasteiger partial charge in [-0.1, -0.05) is 23.7 Å². The predicted molar refractivity (Wildman–Crippen MR) is 95.6 cm³/mol. The Bertz CT molecular complexity index is 845. The maximum absolute atomic E-state index is 6.12. The molecule has 0 bridgehead atoms. The van der Waals surface area contributed by atoms with Gasteiger partial charge in [0, 0.05) is 28.1 Å². The maximum atomic E-state index is 6.12. The Morgan fingerprint density at radius 2 is 2.04 bits per heavy atom. The fraction of sp³-hybridized carbons (Fsp3) is 0.222. The van der Waals surface area contributed by atoms with Gasteiger partial charge in [-0.3, -0.25) is 0 Å². The molecule has 3 rings (SSSR count). The Labute approximate surface area is 145 Å². The molecule has 1 aromatic carbocycles. The Morgan fingerprint density at radius 3 is 2.70 bits per heavy atom. The summed E-state index contributed by atoms with van der Waals surface area (Å²) in [7, 11) is 1.63. The van der Waals surface area contributed by atoms with Gasteiger partial charge in [-0.25, -0.2) is 9.97 Å². The van der Waals surface area contributed by atoms with Gasteiger partial charge >= 0.3 is 0 Å². The molecule has 0 saturated carbocycles. The van der Waals surface area contributed by atoms with Crippen LogP contribution in [0.25, 0.3) is 11.1 Å². The minimum atomic E-state index is 0.605. The van der Waals surface area contributed by atoms with Gasteiger partial charge < -0.3 is 4.74 Å². The van der Waals surface area contributed by atoms with Crippen molar-refractivity contribution in [1.29, 1.82) is 0 Å². The van der Waals surface area contributed by atoms with Crippen LogP contribution in [0.5, 0.6) is 5.88 Å². The highest BCUT2D eigenvalue weighted by molar-refractivity contribution is 7.11. The van der Waals surface area contributed by atoms with Crippen LogP contribution < -0.4 is 4.74 Å². The van der Waals surface area contributed by atoms with Gasteiger partial charge in [-0.2, -0.15) is 0 Å². The summed E-state index contributed by atoms with van der Waals surface area (Å²) in [4.78, 5) is 10.2. The van der Waals surface area contributed by atoms with Crippen LogP contribution in [-0.4, -0.2) is 17.1 Å². The first-order chi connectivity index (χ1) is 11.1. The van der Waals surface area contributed by atoms with Gasteiger partial charge in [0.25, 0.3) is 0 Å². The molecule has 0 amide bonds. The second kappa shape index (κ2) is 6.69. The average molecular weight is 345 g/mol. The van der Waals surface area contributed by atoms with Crippen LogP contribution in [-0.2, 0) is 6.42 Å². The van der Waals surface area contributed by atoms with Crippen molar-refractivity contribution < 1.29 is 4.74 Å². The quantitative estimate of drug-likeness (QED) is 0.662. The van der Waals surface area contributed by atoms with E-state index in [1.54, 1.807) is 18.4 Å². The number of halogens is 1. The van der Waals surface area contributed by atoms with E-state index in [9.17, 15) is 0 Å². The van der Waals surface area contributed by atoms with Gasteiger partial charge in [-0.15, -0.1) is 11.3 Å². The van der Waals surface area contributed by atoms with E-state index in [2.05, 4.69) is 16.0 Å². The van der Waals surface area contributed by atoms with Crippen molar-refractivity contribution in [2.75, 3.05) is 7.11 Å². The van der Waals surface area contributed by atoms with E-state index in [1.807, 2.05) is 44.3 Å². The monoisotopic (exact) mass is 344 g/mol. The molecule has 0 atom stereocenters. The fourth-order valence-electron chi connectivity index (χ4n) is 2.54. The highest BCUT2D eigenvalue weighted by atomic mass is 35.5. The fourth-order valence-corrected chi connectivity index (χ4v) is 3.70. The molecule has 0 aliphatic carbocycles. The SMILES string of the molecule is COc1ncc(Cc2sc(C)nc2C)cc1-c1cccc(Cl)c1. The largest absolute Gasteiger partial charge is 0.481 e. The molecule has 2 aromatic heterocycles. The van der Waals surface area contributed by atoms with Crippen molar-refractivity contribution in [1.82, 2.24) is 9.97 Å². The standard InChI is InChI=1S/C18H17ClN2OS/c1-11-17(23-12(2)21-11)8-13-7-16(18(22-3)20-10-13)14-5-4-6-15(19)9-14/h4-7,9-10H,8H2,1-3H3. The van der Waals surface area contributed by atoms with Crippen molar-refractivity contribution in [3.05, 3.63) is 62.7 Å². The molecule has 0 aliphatic heterocycles. The lowest BCUT2D eigenvalue weighted by atomic mass is 10.0. The summed E-state index contributed by atoms with van der Waals surface area (Å²) >= 11 is 7.85. The number of nitrogens with zero attached hydrogens (tertiary/aromatic N) is 2. The van der Waals surface area contributed by atoms with Crippen LogP contribution in [0.4, 0.5) is 0 Å². The van der Waals surface area contributed by atoms with Crippen molar-refractivity contribution in [3.63, 3.8) is 0 Å². The van der Waals surface area contributed by atoms with Gasteiger partial charge in [0.2, 0.25) is 5.88 Å². The molecule has 5 heteroatoms. The van der Waals surface area contributed by atoms with E-state index < -0.39 is 0 Å². The zero-order chi connectivity index (χ0) is 16.4. The molecule has 3 nitrogen and oxygen atoms in total. The number of benzene rings is 1. The molecular formula is C18H17ClN2OS. The van der Waals surface area contributed by atoms with E-state index in [4.69, 9.17) is 16.3 Å². The number of pyridine rings is 1. The Hall–Kier alpha value is -1.91. The molecule has 0 radical (unpaired) electrons. The second-order valence-electron chi connectivity index (χ2n) is 5.33. The minimum absolute atomic E-state index is 0.605. The average Bonchev–Trinajstić information content (AvgIpc) is 2.85. The highest BCUT2D eigenvalue weighted by Gasteiger charge is 2.12. The summed E-state index contributed by atoms with van der Waals surface area (Å²) in [5.74, 6) is 0.605. The van der Waals surface area contributed by atoms with Crippen molar-refractivity contribution >= 4 is 22.9 Å². The molecule has 0 saturated heterocycles. The van der Waals surface area contributed by atoms with Crippen LogP contribution in [0, 0.1) is 13.8 Å². The van der Waals surface area contributed by atoms with E-state index in [0.29, 0.717) is 10.9 Å². The topological polar surface area (TPSA) is 35.0 Å². The van der Waals surface area contributed by atoms with E-state index in [0.717, 1.165) is 33.8 Å². The van der Waals surface area contributed by atoms with Crippen LogP contribution in [0.2, 0.25) is 5.02 Å². The Balaban J connectivity index is 2.00. The number of aryl methyl sites for hydroxylation is 2. The molecule has 23 heavy (non-hydrogen) atoms. The molecule has 0 N–H and O–H groups in total. The Morgan fingerprint density at radius 1 is 1.22 bits per heavy atom. The minimum Gasteiger partial charge on any atom is -0.481 e. The van der Waals surface area contributed by atoms with E-state index in [-0.39, 0.29) is 0 Å². The zero-order valence-corrected chi connectivity index (χ0v) is 14.8. The van der Waals surface area contributed by atoms with Gasteiger partial charge in [0.05, 0.1) is 17.8 Å². The smallest absolute Gasteiger partial charge is 0.221 e. The third kappa shape index (κ3) is 3.54. The number of rotatable bonds is 4. The van der Waals surface area contributed by atoms with Crippen LogP contribution in [0.15, 0.2) is 36.5 Å². The lowest BCUT2D eigenvalue weighted by Crippen LogP contribution is -1.96. The lowest BCUT2D eigenvalue weighted by Gasteiger charge is -2.10. The number of ether oxygens (including phenoxy) is 1. The third-order valence-electron chi connectivity index (χ3n) is 3.60. The molecule has 2 heterocycles. The van der Waals surface area contributed by atoms with Crippen LogP contribution in [0.3, 0.4) is 0 Å². The summed E-state index contributed by atoms with van der Waals surface area (Å²) < 4.78 is 5.41. The molecule has 0 unspecified atom stereocenters. The maximum Gasteiger partial charge on any atom is 0.221 e. The van der Waals surface area contributed by atoms with Crippen molar-refractivity contribution in [2.45, 2.75) is 20.3 Å². The third-order valence-corrected chi connectivity index (χ3v) is 4.91. The first kappa shape index (κ1) is 16.0. The molecular weight excluding hydrogens is 328 g/mol. The number of hydrogen-bond donors (Lipinski definition) is 0. The number of thiazole rings is 1. The number of hydrogen-bond acceptors (Lipinski definition) is 4.